The Hall–Kier alpha value is -2.58. The van der Waals surface area contributed by atoms with Crippen LogP contribution >= 0.6 is 22.7 Å². The van der Waals surface area contributed by atoms with Gasteiger partial charge in [0.2, 0.25) is 10.6 Å². The van der Waals surface area contributed by atoms with E-state index in [0.29, 0.717) is 11.6 Å². The van der Waals surface area contributed by atoms with Crippen LogP contribution in [-0.2, 0) is 0 Å². The van der Waals surface area contributed by atoms with Crippen LogP contribution in [0.5, 0.6) is 17.2 Å². The van der Waals surface area contributed by atoms with E-state index in [0.717, 1.165) is 28.2 Å². The Labute approximate surface area is 170 Å². The van der Waals surface area contributed by atoms with Crippen LogP contribution in [0.2, 0.25) is 0 Å². The second-order valence-corrected chi connectivity index (χ2v) is 8.51. The lowest BCUT2D eigenvalue weighted by molar-refractivity contribution is 0.367. The number of thiophene rings is 1. The minimum atomic E-state index is -0.551. The molecule has 4 rings (SSSR count). The van der Waals surface area contributed by atoms with Gasteiger partial charge >= 0.3 is 0 Å². The molecule has 0 saturated heterocycles. The lowest BCUT2D eigenvalue weighted by atomic mass is 9.96. The van der Waals surface area contributed by atoms with Gasteiger partial charge in [-0.2, -0.15) is 5.10 Å². The largest absolute Gasteiger partial charge is 0.504 e. The smallest absolute Gasteiger partial charge is 0.206 e. The van der Waals surface area contributed by atoms with Crippen molar-refractivity contribution in [1.82, 2.24) is 4.68 Å². The molecule has 1 aliphatic rings. The van der Waals surface area contributed by atoms with E-state index in [2.05, 4.69) is 5.10 Å². The molecule has 1 saturated carbocycles. The number of phenolic OH excluding ortho intramolecular Hbond substituents is 3. The van der Waals surface area contributed by atoms with Crippen molar-refractivity contribution >= 4 is 28.9 Å². The van der Waals surface area contributed by atoms with Crippen LogP contribution < -0.4 is 4.80 Å². The van der Waals surface area contributed by atoms with E-state index in [-0.39, 0.29) is 5.75 Å². The lowest BCUT2D eigenvalue weighted by Crippen LogP contribution is -2.18. The van der Waals surface area contributed by atoms with E-state index < -0.39 is 11.5 Å². The van der Waals surface area contributed by atoms with Crippen molar-refractivity contribution in [2.24, 2.45) is 10.1 Å². The number of thiazole rings is 1. The van der Waals surface area contributed by atoms with E-state index in [9.17, 15) is 15.3 Å². The van der Waals surface area contributed by atoms with Gasteiger partial charge in [-0.3, -0.25) is 4.99 Å². The first-order valence-corrected chi connectivity index (χ1v) is 11.0. The average Bonchev–Trinajstić information content (AvgIpc) is 3.36. The average molecular weight is 416 g/mol. The molecule has 0 bridgehead atoms. The van der Waals surface area contributed by atoms with Crippen LogP contribution in [0, 0.1) is 0 Å². The molecule has 0 atom stereocenters. The second kappa shape index (κ2) is 8.20. The highest BCUT2D eigenvalue weighted by Gasteiger charge is 2.15. The van der Waals surface area contributed by atoms with Gasteiger partial charge in [0.05, 0.1) is 22.8 Å². The predicted octanol–water partition coefficient (Wildman–Crippen LogP) is 4.51. The van der Waals surface area contributed by atoms with Gasteiger partial charge < -0.3 is 15.3 Å². The molecule has 2 heterocycles. The number of rotatable bonds is 4. The standard InChI is InChI=1S/C20H21N3O3S2/c24-16-9-8-13(18(25)19(16)26)11-21-23-15(17-7-4-10-27-17)12-28-20(23)22-14-5-2-1-3-6-14/h4,7-12,14,24-26H,1-3,5-6H2/b21-11+,22-20-. The van der Waals surface area contributed by atoms with Crippen molar-refractivity contribution < 1.29 is 15.3 Å². The normalized spacial score (nSPS) is 16.2. The molecule has 1 aliphatic carbocycles. The molecule has 0 radical (unpaired) electrons. The molecule has 1 fully saturated rings. The third kappa shape index (κ3) is 3.83. The summed E-state index contributed by atoms with van der Waals surface area (Å²) < 4.78 is 1.79. The summed E-state index contributed by atoms with van der Waals surface area (Å²) in [5.41, 5.74) is 1.25. The number of aromatic nitrogens is 1. The summed E-state index contributed by atoms with van der Waals surface area (Å²) in [5.74, 6) is -1.32. The van der Waals surface area contributed by atoms with Crippen molar-refractivity contribution in [3.63, 3.8) is 0 Å². The number of aromatic hydroxyl groups is 3. The molecular weight excluding hydrogens is 394 g/mol. The number of hydrogen-bond donors (Lipinski definition) is 3. The number of hydrogen-bond acceptors (Lipinski definition) is 7. The molecule has 3 N–H and O–H groups in total. The summed E-state index contributed by atoms with van der Waals surface area (Å²) in [6.45, 7) is 0. The Morgan fingerprint density at radius 2 is 1.82 bits per heavy atom. The highest BCUT2D eigenvalue weighted by molar-refractivity contribution is 7.14. The molecule has 8 heteroatoms. The van der Waals surface area contributed by atoms with Gasteiger partial charge in [-0.1, -0.05) is 25.3 Å². The summed E-state index contributed by atoms with van der Waals surface area (Å²) >= 11 is 3.18. The van der Waals surface area contributed by atoms with E-state index in [1.807, 2.05) is 22.9 Å². The zero-order valence-electron chi connectivity index (χ0n) is 15.2. The molecule has 6 nitrogen and oxygen atoms in total. The van der Waals surface area contributed by atoms with Crippen molar-refractivity contribution in [3.8, 4) is 27.8 Å². The van der Waals surface area contributed by atoms with Crippen molar-refractivity contribution in [3.05, 3.63) is 45.4 Å². The van der Waals surface area contributed by atoms with Crippen LogP contribution in [0.4, 0.5) is 0 Å². The van der Waals surface area contributed by atoms with E-state index in [1.165, 1.54) is 37.6 Å². The molecule has 0 spiro atoms. The van der Waals surface area contributed by atoms with Crippen LogP contribution in [0.15, 0.2) is 45.1 Å². The lowest BCUT2D eigenvalue weighted by Gasteiger charge is -2.16. The van der Waals surface area contributed by atoms with Crippen LogP contribution in [-0.4, -0.2) is 32.3 Å². The maximum absolute atomic E-state index is 10.1. The first kappa shape index (κ1) is 18.8. The Kier molecular flexibility index (Phi) is 5.50. The fraction of sp³-hybridized carbons (Fsp3) is 0.300. The first-order valence-electron chi connectivity index (χ1n) is 9.20. The number of phenols is 3. The maximum Gasteiger partial charge on any atom is 0.206 e. The van der Waals surface area contributed by atoms with Gasteiger partial charge in [0.25, 0.3) is 0 Å². The quantitative estimate of drug-likeness (QED) is 0.432. The zero-order valence-corrected chi connectivity index (χ0v) is 16.8. The molecule has 146 valence electrons. The second-order valence-electron chi connectivity index (χ2n) is 6.73. The Balaban J connectivity index is 1.76. The molecule has 0 amide bonds. The van der Waals surface area contributed by atoms with Crippen LogP contribution in [0.25, 0.3) is 10.6 Å². The van der Waals surface area contributed by atoms with Gasteiger partial charge in [0.1, 0.15) is 0 Å². The van der Waals surface area contributed by atoms with Crippen molar-refractivity contribution in [2.75, 3.05) is 0 Å². The third-order valence-corrected chi connectivity index (χ3v) is 6.52. The summed E-state index contributed by atoms with van der Waals surface area (Å²) in [5, 5.41) is 37.9. The Morgan fingerprint density at radius 3 is 2.57 bits per heavy atom. The molecule has 2 aromatic heterocycles. The fourth-order valence-electron chi connectivity index (χ4n) is 3.27. The van der Waals surface area contributed by atoms with Crippen LogP contribution in [0.1, 0.15) is 37.7 Å². The Bertz CT molecular complexity index is 1050. The zero-order chi connectivity index (χ0) is 19.5. The number of nitrogens with zero attached hydrogens (tertiary/aromatic N) is 3. The molecule has 3 aromatic rings. The maximum atomic E-state index is 10.1. The molecule has 28 heavy (non-hydrogen) atoms. The van der Waals surface area contributed by atoms with Crippen molar-refractivity contribution in [1.29, 1.82) is 0 Å². The van der Waals surface area contributed by atoms with E-state index in [1.54, 1.807) is 27.3 Å². The topological polar surface area (TPSA) is 90.3 Å². The summed E-state index contributed by atoms with van der Waals surface area (Å²) in [4.78, 5) is 6.83. The molecule has 1 aromatic carbocycles. The summed E-state index contributed by atoms with van der Waals surface area (Å²) in [6.07, 6.45) is 7.37. The summed E-state index contributed by atoms with van der Waals surface area (Å²) in [7, 11) is 0. The Morgan fingerprint density at radius 1 is 1.00 bits per heavy atom. The monoisotopic (exact) mass is 415 g/mol. The molecular formula is C20H21N3O3S2. The van der Waals surface area contributed by atoms with Gasteiger partial charge in [-0.05, 0) is 36.4 Å². The highest BCUT2D eigenvalue weighted by Crippen LogP contribution is 2.36. The van der Waals surface area contributed by atoms with Gasteiger partial charge in [-0.15, -0.1) is 22.7 Å². The van der Waals surface area contributed by atoms with Gasteiger partial charge in [0, 0.05) is 10.9 Å². The highest BCUT2D eigenvalue weighted by atomic mass is 32.1. The first-order chi connectivity index (χ1) is 13.6. The molecule has 0 aliphatic heterocycles. The minimum absolute atomic E-state index is 0.315. The van der Waals surface area contributed by atoms with Crippen LogP contribution in [0.3, 0.4) is 0 Å². The predicted molar refractivity (Wildman–Crippen MR) is 112 cm³/mol. The SMILES string of the molecule is Oc1ccc(/C=N/n2c(-c3cccs3)cs/c2=N\C2CCCCC2)c(O)c1O. The van der Waals surface area contributed by atoms with Gasteiger partial charge in [0.15, 0.2) is 11.5 Å². The number of benzene rings is 1. The van der Waals surface area contributed by atoms with Gasteiger partial charge in [-0.25, -0.2) is 4.68 Å². The van der Waals surface area contributed by atoms with E-state index in [4.69, 9.17) is 4.99 Å². The molecule has 0 unspecified atom stereocenters. The summed E-state index contributed by atoms with van der Waals surface area (Å²) in [6, 6.07) is 7.17. The fourth-order valence-corrected chi connectivity index (χ4v) is 4.97. The third-order valence-electron chi connectivity index (χ3n) is 4.80. The van der Waals surface area contributed by atoms with Crippen molar-refractivity contribution in [2.45, 2.75) is 38.1 Å². The minimum Gasteiger partial charge on any atom is -0.504 e. The van der Waals surface area contributed by atoms with E-state index >= 15 is 0 Å².